The van der Waals surface area contributed by atoms with E-state index in [9.17, 15) is 8.78 Å². The first kappa shape index (κ1) is 31.9. The van der Waals surface area contributed by atoms with Crippen LogP contribution in [0.5, 0.6) is 0 Å². The molecule has 0 aliphatic heterocycles. The van der Waals surface area contributed by atoms with Crippen molar-refractivity contribution in [3.8, 4) is 22.3 Å². The quantitative estimate of drug-likeness (QED) is 0.185. The summed E-state index contributed by atoms with van der Waals surface area (Å²) in [6.45, 7) is 4.23. The Balaban J connectivity index is 1.13. The largest absolute Gasteiger partial charge is 0.206 e. The second-order valence-corrected chi connectivity index (χ2v) is 13.6. The highest BCUT2D eigenvalue weighted by Crippen LogP contribution is 2.45. The van der Waals surface area contributed by atoms with Crippen LogP contribution in [0, 0.1) is 35.2 Å². The Bertz CT molecular complexity index is 1290. The van der Waals surface area contributed by atoms with E-state index in [2.05, 4.69) is 13.0 Å². The van der Waals surface area contributed by atoms with E-state index in [4.69, 9.17) is 0 Å². The summed E-state index contributed by atoms with van der Waals surface area (Å²) in [5, 5.41) is 0. The predicted molar refractivity (Wildman–Crippen MR) is 175 cm³/mol. The van der Waals surface area contributed by atoms with E-state index in [1.807, 2.05) is 13.0 Å². The molecule has 2 fully saturated rings. The number of hydrogen-bond acceptors (Lipinski definition) is 0. The summed E-state index contributed by atoms with van der Waals surface area (Å²) < 4.78 is 44.7. The minimum atomic E-state index is -0.815. The predicted octanol–water partition coefficient (Wildman–Crippen LogP) is 12.8. The molecule has 0 nitrogen and oxygen atoms in total. The molecule has 0 atom stereocenters. The van der Waals surface area contributed by atoms with Crippen molar-refractivity contribution in [2.75, 3.05) is 0 Å². The van der Waals surface area contributed by atoms with Crippen molar-refractivity contribution >= 4 is 0 Å². The fraction of sp³-hybridized carbons (Fsp3) is 0.550. The van der Waals surface area contributed by atoms with Crippen molar-refractivity contribution in [3.05, 3.63) is 83.2 Å². The lowest BCUT2D eigenvalue weighted by atomic mass is 9.68. The smallest absolute Gasteiger partial charge is 0.166 e. The first-order valence-corrected chi connectivity index (χ1v) is 17.4. The summed E-state index contributed by atoms with van der Waals surface area (Å²) in [6, 6.07) is 16.2. The summed E-state index contributed by atoms with van der Waals surface area (Å²) in [4.78, 5) is 0. The van der Waals surface area contributed by atoms with Crippen LogP contribution in [0.2, 0.25) is 0 Å². The van der Waals surface area contributed by atoms with Crippen LogP contribution in [0.3, 0.4) is 0 Å². The van der Waals surface area contributed by atoms with Crippen LogP contribution in [0.15, 0.2) is 54.6 Å². The number of benzene rings is 3. The number of aryl methyl sites for hydroxylation is 1. The Labute approximate surface area is 258 Å². The summed E-state index contributed by atoms with van der Waals surface area (Å²) in [7, 11) is 0. The van der Waals surface area contributed by atoms with Crippen LogP contribution in [-0.2, 0) is 6.42 Å². The second kappa shape index (κ2) is 15.4. The van der Waals surface area contributed by atoms with Crippen LogP contribution in [0.25, 0.3) is 22.3 Å². The Morgan fingerprint density at radius 1 is 0.581 bits per heavy atom. The molecule has 0 N–H and O–H groups in total. The highest BCUT2D eigenvalue weighted by Gasteiger charge is 2.31. The van der Waals surface area contributed by atoms with Gasteiger partial charge in [-0.15, -0.1) is 0 Å². The highest BCUT2D eigenvalue weighted by atomic mass is 19.2. The van der Waals surface area contributed by atoms with E-state index in [-0.39, 0.29) is 11.4 Å². The van der Waals surface area contributed by atoms with Crippen LogP contribution < -0.4 is 0 Å². The van der Waals surface area contributed by atoms with Gasteiger partial charge in [-0.05, 0) is 96.9 Å². The number of hydrogen-bond donors (Lipinski definition) is 0. The van der Waals surface area contributed by atoms with Crippen LogP contribution in [0.4, 0.5) is 13.2 Å². The van der Waals surface area contributed by atoms with Crippen molar-refractivity contribution in [1.82, 2.24) is 0 Å². The molecular weight excluding hydrogens is 537 g/mol. The lowest BCUT2D eigenvalue weighted by Crippen LogP contribution is -2.25. The lowest BCUT2D eigenvalue weighted by Gasteiger charge is -2.38. The van der Waals surface area contributed by atoms with E-state index in [0.717, 1.165) is 48.1 Å². The number of unbranched alkanes of at least 4 members (excludes halogenated alkanes) is 4. The van der Waals surface area contributed by atoms with E-state index < -0.39 is 11.6 Å². The number of halogens is 3. The molecule has 0 radical (unpaired) electrons. The average Bonchev–Trinajstić information content (AvgIpc) is 3.04. The van der Waals surface area contributed by atoms with Crippen molar-refractivity contribution in [3.63, 3.8) is 0 Å². The molecule has 3 aromatic rings. The van der Waals surface area contributed by atoms with Gasteiger partial charge >= 0.3 is 0 Å². The molecule has 5 rings (SSSR count). The normalized spacial score (nSPS) is 22.5. The van der Waals surface area contributed by atoms with Gasteiger partial charge in [0.25, 0.3) is 0 Å². The van der Waals surface area contributed by atoms with Gasteiger partial charge in [0.15, 0.2) is 11.6 Å². The van der Waals surface area contributed by atoms with Gasteiger partial charge in [-0.1, -0.05) is 120 Å². The Hall–Kier alpha value is -2.55. The van der Waals surface area contributed by atoms with Gasteiger partial charge in [0.2, 0.25) is 0 Å². The Morgan fingerprint density at radius 3 is 1.81 bits per heavy atom. The minimum Gasteiger partial charge on any atom is -0.206 e. The first-order valence-electron chi connectivity index (χ1n) is 17.4. The van der Waals surface area contributed by atoms with Crippen LogP contribution in [-0.4, -0.2) is 0 Å². The minimum absolute atomic E-state index is 0.207. The van der Waals surface area contributed by atoms with Crippen LogP contribution in [0.1, 0.15) is 127 Å². The van der Waals surface area contributed by atoms with Gasteiger partial charge in [0.05, 0.1) is 0 Å². The molecule has 0 heterocycles. The van der Waals surface area contributed by atoms with Crippen molar-refractivity contribution in [1.29, 1.82) is 0 Å². The van der Waals surface area contributed by atoms with Gasteiger partial charge in [-0.2, -0.15) is 0 Å². The molecule has 2 aliphatic rings. The summed E-state index contributed by atoms with van der Waals surface area (Å²) >= 11 is 0. The molecular formula is C40H51F3. The van der Waals surface area contributed by atoms with Gasteiger partial charge < -0.3 is 0 Å². The third kappa shape index (κ3) is 7.95. The zero-order valence-corrected chi connectivity index (χ0v) is 26.5. The third-order valence-corrected chi connectivity index (χ3v) is 10.7. The van der Waals surface area contributed by atoms with Gasteiger partial charge in [-0.3, -0.25) is 0 Å². The third-order valence-electron chi connectivity index (χ3n) is 10.7. The fourth-order valence-corrected chi connectivity index (χ4v) is 8.03. The van der Waals surface area contributed by atoms with Crippen molar-refractivity contribution in [2.45, 2.75) is 122 Å². The molecule has 0 amide bonds. The Morgan fingerprint density at radius 2 is 1.19 bits per heavy atom. The molecule has 3 heteroatoms. The zero-order valence-electron chi connectivity index (χ0n) is 26.5. The van der Waals surface area contributed by atoms with Gasteiger partial charge in [-0.25, -0.2) is 13.2 Å². The van der Waals surface area contributed by atoms with Gasteiger partial charge in [0, 0.05) is 11.1 Å². The van der Waals surface area contributed by atoms with E-state index in [1.165, 1.54) is 77.0 Å². The van der Waals surface area contributed by atoms with Crippen molar-refractivity contribution in [2.24, 2.45) is 17.8 Å². The highest BCUT2D eigenvalue weighted by molar-refractivity contribution is 5.71. The molecule has 0 spiro atoms. The second-order valence-electron chi connectivity index (χ2n) is 13.6. The lowest BCUT2D eigenvalue weighted by molar-refractivity contribution is 0.155. The first-order chi connectivity index (χ1) is 21.0. The molecule has 2 aliphatic carbocycles. The van der Waals surface area contributed by atoms with Crippen LogP contribution >= 0.6 is 0 Å². The maximum Gasteiger partial charge on any atom is 0.166 e. The standard InChI is InChI=1S/C40H51F3/c1-3-5-6-7-8-10-28-11-13-29(14-12-28)30-15-17-31(18-16-30)35-24-25-36(38(41)27-35)32-19-21-33(22-20-32)37-26-23-34(9-4-2)39(42)40(37)43/h19-31H,3-18H2,1-2H3. The zero-order chi connectivity index (χ0) is 30.2. The van der Waals surface area contributed by atoms with E-state index >= 15 is 4.39 Å². The Kier molecular flexibility index (Phi) is 11.4. The van der Waals surface area contributed by atoms with E-state index in [1.54, 1.807) is 42.5 Å². The summed E-state index contributed by atoms with van der Waals surface area (Å²) in [5.41, 5.74) is 3.65. The molecule has 0 aromatic heterocycles. The molecule has 232 valence electrons. The fourth-order valence-electron chi connectivity index (χ4n) is 8.03. The maximum absolute atomic E-state index is 15.4. The molecule has 0 unspecified atom stereocenters. The topological polar surface area (TPSA) is 0 Å². The summed E-state index contributed by atoms with van der Waals surface area (Å²) in [5.74, 6) is 1.37. The SMILES string of the molecule is CCCCCCCC1CCC(C2CCC(c3ccc(-c4ccc(-c5ccc(CCC)c(F)c5F)cc4)c(F)c3)CC2)CC1. The molecule has 2 saturated carbocycles. The van der Waals surface area contributed by atoms with Gasteiger partial charge in [0.1, 0.15) is 5.82 Å². The van der Waals surface area contributed by atoms with E-state index in [0.29, 0.717) is 29.0 Å². The number of rotatable bonds is 12. The molecule has 0 saturated heterocycles. The molecule has 3 aromatic carbocycles. The monoisotopic (exact) mass is 588 g/mol. The molecule has 0 bridgehead atoms. The molecule has 43 heavy (non-hydrogen) atoms. The maximum atomic E-state index is 15.4. The average molecular weight is 589 g/mol. The van der Waals surface area contributed by atoms with Crippen molar-refractivity contribution < 1.29 is 13.2 Å². The summed E-state index contributed by atoms with van der Waals surface area (Å²) in [6.07, 6.45) is 20.3.